The van der Waals surface area contributed by atoms with Crippen LogP contribution in [0.3, 0.4) is 0 Å². The first-order chi connectivity index (χ1) is 8.34. The largest absolute Gasteiger partial charge is 0.483 e. The Hall–Kier alpha value is -1.12. The molecule has 0 amide bonds. The van der Waals surface area contributed by atoms with E-state index in [0.717, 1.165) is 11.5 Å². The second-order valence-electron chi connectivity index (χ2n) is 3.55. The molecule has 0 aliphatic rings. The van der Waals surface area contributed by atoms with E-state index in [4.69, 9.17) is 16.3 Å². The zero-order valence-corrected chi connectivity index (χ0v) is 10.9. The zero-order valence-electron chi connectivity index (χ0n) is 9.30. The summed E-state index contributed by atoms with van der Waals surface area (Å²) in [6.07, 6.45) is 0. The van der Waals surface area contributed by atoms with E-state index in [2.05, 4.69) is 12.1 Å². The number of thioether (sulfide) groups is 1. The predicted molar refractivity (Wildman–Crippen MR) is 74.7 cm³/mol. The van der Waals surface area contributed by atoms with E-state index in [1.54, 1.807) is 11.8 Å². The van der Waals surface area contributed by atoms with Gasteiger partial charge in [0.1, 0.15) is 11.7 Å². The van der Waals surface area contributed by atoms with Crippen molar-refractivity contribution >= 4 is 23.4 Å². The lowest BCUT2D eigenvalue weighted by Crippen LogP contribution is -1.93. The van der Waals surface area contributed by atoms with Gasteiger partial charge in [-0.2, -0.15) is 0 Å². The molecule has 0 fully saturated rings. The molecule has 17 heavy (non-hydrogen) atoms. The fraction of sp³-hybridized carbons (Fsp3) is 0.143. The summed E-state index contributed by atoms with van der Waals surface area (Å²) in [5.74, 6) is 2.41. The number of halogens is 1. The summed E-state index contributed by atoms with van der Waals surface area (Å²) in [5, 5.41) is 0.704. The first kappa shape index (κ1) is 12.3. The molecule has 88 valence electrons. The Morgan fingerprint density at radius 3 is 2.59 bits per heavy atom. The van der Waals surface area contributed by atoms with E-state index >= 15 is 0 Å². The van der Waals surface area contributed by atoms with Crippen LogP contribution in [0.2, 0.25) is 5.02 Å². The van der Waals surface area contributed by atoms with Crippen molar-refractivity contribution in [3.8, 4) is 5.75 Å². The van der Waals surface area contributed by atoms with E-state index in [9.17, 15) is 0 Å². The third kappa shape index (κ3) is 4.33. The lowest BCUT2D eigenvalue weighted by Gasteiger charge is -2.06. The van der Waals surface area contributed by atoms with E-state index in [0.29, 0.717) is 11.0 Å². The molecule has 2 rings (SSSR count). The summed E-state index contributed by atoms with van der Waals surface area (Å²) in [5.41, 5.74) is 1.31. The third-order valence-corrected chi connectivity index (χ3v) is 3.27. The fourth-order valence-electron chi connectivity index (χ4n) is 1.40. The SMILES string of the molecule is Clc1cccc(OCSCc2ccccc2)c1. The van der Waals surface area contributed by atoms with Crippen molar-refractivity contribution in [1.82, 2.24) is 0 Å². The highest BCUT2D eigenvalue weighted by atomic mass is 35.5. The maximum atomic E-state index is 5.87. The average Bonchev–Trinajstić information content (AvgIpc) is 2.36. The first-order valence-corrected chi connectivity index (χ1v) is 6.88. The number of hydrogen-bond donors (Lipinski definition) is 0. The highest BCUT2D eigenvalue weighted by molar-refractivity contribution is 7.98. The summed E-state index contributed by atoms with van der Waals surface area (Å²) in [6, 6.07) is 17.8. The molecule has 0 saturated carbocycles. The van der Waals surface area contributed by atoms with Gasteiger partial charge in [0.15, 0.2) is 0 Å². The Morgan fingerprint density at radius 2 is 1.82 bits per heavy atom. The monoisotopic (exact) mass is 264 g/mol. The minimum atomic E-state index is 0.634. The molecule has 0 aliphatic carbocycles. The normalized spacial score (nSPS) is 10.2. The van der Waals surface area contributed by atoms with Crippen LogP contribution in [0.15, 0.2) is 54.6 Å². The summed E-state index contributed by atoms with van der Waals surface area (Å²) in [6.45, 7) is 0. The van der Waals surface area contributed by atoms with Crippen LogP contribution in [0.4, 0.5) is 0 Å². The summed E-state index contributed by atoms with van der Waals surface area (Å²) >= 11 is 7.61. The lowest BCUT2D eigenvalue weighted by atomic mass is 10.2. The molecular formula is C14H13ClOS. The molecule has 0 atom stereocenters. The van der Waals surface area contributed by atoms with Crippen molar-refractivity contribution in [2.75, 3.05) is 5.94 Å². The van der Waals surface area contributed by atoms with Crippen molar-refractivity contribution in [2.45, 2.75) is 5.75 Å². The minimum absolute atomic E-state index is 0.634. The maximum absolute atomic E-state index is 5.87. The number of hydrogen-bond acceptors (Lipinski definition) is 2. The smallest absolute Gasteiger partial charge is 0.134 e. The van der Waals surface area contributed by atoms with E-state index in [1.165, 1.54) is 5.56 Å². The van der Waals surface area contributed by atoms with Crippen LogP contribution in [0.5, 0.6) is 5.75 Å². The molecule has 0 N–H and O–H groups in total. The van der Waals surface area contributed by atoms with Crippen LogP contribution in [-0.2, 0) is 5.75 Å². The number of benzene rings is 2. The Morgan fingerprint density at radius 1 is 1.00 bits per heavy atom. The van der Waals surface area contributed by atoms with Gasteiger partial charge in [-0.25, -0.2) is 0 Å². The average molecular weight is 265 g/mol. The lowest BCUT2D eigenvalue weighted by molar-refractivity contribution is 0.393. The predicted octanol–water partition coefficient (Wildman–Crippen LogP) is 4.61. The van der Waals surface area contributed by atoms with Gasteiger partial charge in [-0.15, -0.1) is 11.8 Å². The van der Waals surface area contributed by atoms with Gasteiger partial charge in [0.25, 0.3) is 0 Å². The topological polar surface area (TPSA) is 9.23 Å². The molecule has 0 aliphatic heterocycles. The Bertz CT molecular complexity index is 459. The Labute approximate surface area is 111 Å². The van der Waals surface area contributed by atoms with Crippen LogP contribution in [0.25, 0.3) is 0 Å². The van der Waals surface area contributed by atoms with Crippen LogP contribution in [0, 0.1) is 0 Å². The standard InChI is InChI=1S/C14H13ClOS/c15-13-7-4-8-14(9-13)16-11-17-10-12-5-2-1-3-6-12/h1-9H,10-11H2. The van der Waals surface area contributed by atoms with Crippen molar-refractivity contribution < 1.29 is 4.74 Å². The first-order valence-electron chi connectivity index (χ1n) is 5.34. The summed E-state index contributed by atoms with van der Waals surface area (Å²) in [7, 11) is 0. The van der Waals surface area contributed by atoms with Crippen molar-refractivity contribution in [3.05, 3.63) is 65.2 Å². The van der Waals surface area contributed by atoms with Gasteiger partial charge in [-0.3, -0.25) is 0 Å². The quantitative estimate of drug-likeness (QED) is 0.576. The molecule has 0 unspecified atom stereocenters. The molecular weight excluding hydrogens is 252 g/mol. The molecule has 3 heteroatoms. The van der Waals surface area contributed by atoms with Gasteiger partial charge in [-0.05, 0) is 23.8 Å². The van der Waals surface area contributed by atoms with Crippen molar-refractivity contribution in [1.29, 1.82) is 0 Å². The summed E-state index contributed by atoms with van der Waals surface area (Å²) in [4.78, 5) is 0. The molecule has 2 aromatic carbocycles. The van der Waals surface area contributed by atoms with Gasteiger partial charge >= 0.3 is 0 Å². The van der Waals surface area contributed by atoms with Gasteiger partial charge in [0.05, 0.1) is 0 Å². The zero-order chi connectivity index (χ0) is 11.9. The van der Waals surface area contributed by atoms with E-state index in [1.807, 2.05) is 42.5 Å². The molecule has 0 spiro atoms. The molecule has 0 saturated heterocycles. The molecule has 0 bridgehead atoms. The second kappa shape index (κ2) is 6.58. The van der Waals surface area contributed by atoms with Crippen LogP contribution in [-0.4, -0.2) is 5.94 Å². The molecule has 2 aromatic rings. The molecule has 1 nitrogen and oxygen atoms in total. The minimum Gasteiger partial charge on any atom is -0.483 e. The van der Waals surface area contributed by atoms with Gasteiger partial charge in [-0.1, -0.05) is 48.0 Å². The Balaban J connectivity index is 1.73. The van der Waals surface area contributed by atoms with Crippen molar-refractivity contribution in [3.63, 3.8) is 0 Å². The van der Waals surface area contributed by atoms with E-state index in [-0.39, 0.29) is 0 Å². The van der Waals surface area contributed by atoms with Gasteiger partial charge in [0.2, 0.25) is 0 Å². The Kier molecular flexibility index (Phi) is 4.77. The summed E-state index contributed by atoms with van der Waals surface area (Å²) < 4.78 is 5.59. The molecule has 0 radical (unpaired) electrons. The highest BCUT2D eigenvalue weighted by Gasteiger charge is 1.96. The highest BCUT2D eigenvalue weighted by Crippen LogP contribution is 2.19. The fourth-order valence-corrected chi connectivity index (χ4v) is 2.31. The molecule has 0 aromatic heterocycles. The number of rotatable bonds is 5. The molecule has 0 heterocycles. The second-order valence-corrected chi connectivity index (χ2v) is 4.92. The van der Waals surface area contributed by atoms with E-state index < -0.39 is 0 Å². The van der Waals surface area contributed by atoms with Crippen molar-refractivity contribution in [2.24, 2.45) is 0 Å². The third-order valence-electron chi connectivity index (χ3n) is 2.22. The maximum Gasteiger partial charge on any atom is 0.134 e. The van der Waals surface area contributed by atoms with Crippen LogP contribution in [0.1, 0.15) is 5.56 Å². The number of ether oxygens (including phenoxy) is 1. The van der Waals surface area contributed by atoms with Crippen LogP contribution >= 0.6 is 23.4 Å². The van der Waals surface area contributed by atoms with Gasteiger partial charge in [0, 0.05) is 10.8 Å². The van der Waals surface area contributed by atoms with Crippen LogP contribution < -0.4 is 4.74 Å². The van der Waals surface area contributed by atoms with Gasteiger partial charge < -0.3 is 4.74 Å².